The van der Waals surface area contributed by atoms with Crippen molar-refractivity contribution in [2.45, 2.75) is 13.8 Å². The number of aryl methyl sites for hydroxylation is 1. The Morgan fingerprint density at radius 1 is 1.08 bits per heavy atom. The fourth-order valence-electron chi connectivity index (χ4n) is 2.62. The van der Waals surface area contributed by atoms with Crippen LogP contribution in [0.15, 0.2) is 48.5 Å². The lowest BCUT2D eigenvalue weighted by atomic mass is 10.3. The van der Waals surface area contributed by atoms with Crippen molar-refractivity contribution >= 4 is 40.5 Å². The van der Waals surface area contributed by atoms with E-state index in [0.29, 0.717) is 10.0 Å². The number of rotatable bonds is 5. The molecule has 0 fully saturated rings. The molecule has 134 valence electrons. The van der Waals surface area contributed by atoms with Crippen LogP contribution in [-0.4, -0.2) is 22.2 Å². The van der Waals surface area contributed by atoms with Crippen molar-refractivity contribution in [1.29, 1.82) is 0 Å². The zero-order valence-electron chi connectivity index (χ0n) is 14.4. The van der Waals surface area contributed by atoms with Gasteiger partial charge in [-0.15, -0.1) is 0 Å². The number of anilines is 2. The van der Waals surface area contributed by atoms with E-state index in [1.54, 1.807) is 18.2 Å². The molecule has 26 heavy (non-hydrogen) atoms. The van der Waals surface area contributed by atoms with Crippen molar-refractivity contribution < 1.29 is 4.79 Å². The van der Waals surface area contributed by atoms with Crippen LogP contribution in [0.1, 0.15) is 11.4 Å². The van der Waals surface area contributed by atoms with Gasteiger partial charge in [0.1, 0.15) is 0 Å². The molecule has 2 aromatic carbocycles. The molecule has 3 rings (SSSR count). The van der Waals surface area contributed by atoms with Crippen molar-refractivity contribution in [3.05, 3.63) is 70.0 Å². The van der Waals surface area contributed by atoms with Gasteiger partial charge in [-0.25, -0.2) is 4.68 Å². The minimum Gasteiger partial charge on any atom is -0.376 e. The Balaban J connectivity index is 1.69. The molecule has 1 aromatic heterocycles. The summed E-state index contributed by atoms with van der Waals surface area (Å²) >= 11 is 11.9. The first-order valence-electron chi connectivity index (χ1n) is 8.06. The fraction of sp³-hybridized carbons (Fsp3) is 0.158. The second-order valence-corrected chi connectivity index (χ2v) is 6.64. The highest BCUT2D eigenvalue weighted by molar-refractivity contribution is 6.42. The van der Waals surface area contributed by atoms with Crippen molar-refractivity contribution in [1.82, 2.24) is 9.78 Å². The summed E-state index contributed by atoms with van der Waals surface area (Å²) in [4.78, 5) is 12.3. The van der Waals surface area contributed by atoms with E-state index in [0.717, 1.165) is 28.5 Å². The summed E-state index contributed by atoms with van der Waals surface area (Å²) in [7, 11) is 0. The van der Waals surface area contributed by atoms with Gasteiger partial charge in [0.2, 0.25) is 5.91 Å². The Bertz CT molecular complexity index is 938. The molecule has 0 saturated carbocycles. The maximum atomic E-state index is 12.3. The fourth-order valence-corrected chi connectivity index (χ4v) is 2.91. The van der Waals surface area contributed by atoms with E-state index in [4.69, 9.17) is 23.2 Å². The first-order chi connectivity index (χ1) is 12.5. The smallest absolute Gasteiger partial charge is 0.243 e. The first kappa shape index (κ1) is 18.3. The average Bonchev–Trinajstić information content (AvgIpc) is 2.91. The Morgan fingerprint density at radius 3 is 2.50 bits per heavy atom. The molecule has 1 heterocycles. The molecule has 2 N–H and O–H groups in total. The van der Waals surface area contributed by atoms with Crippen LogP contribution in [0.25, 0.3) is 5.69 Å². The van der Waals surface area contributed by atoms with Crippen LogP contribution >= 0.6 is 23.2 Å². The maximum Gasteiger partial charge on any atom is 0.243 e. The number of halogens is 2. The number of para-hydroxylation sites is 1. The number of hydrogen-bond donors (Lipinski definition) is 2. The molecule has 0 bridgehead atoms. The number of benzene rings is 2. The molecule has 3 aromatic rings. The summed E-state index contributed by atoms with van der Waals surface area (Å²) in [6.45, 7) is 3.90. The summed E-state index contributed by atoms with van der Waals surface area (Å²) in [6.07, 6.45) is 0. The summed E-state index contributed by atoms with van der Waals surface area (Å²) in [5, 5.41) is 11.4. The van der Waals surface area contributed by atoms with Crippen LogP contribution in [0.5, 0.6) is 0 Å². The Kier molecular flexibility index (Phi) is 5.49. The predicted molar refractivity (Wildman–Crippen MR) is 107 cm³/mol. The minimum absolute atomic E-state index is 0.105. The lowest BCUT2D eigenvalue weighted by Crippen LogP contribution is -2.22. The van der Waals surface area contributed by atoms with E-state index < -0.39 is 0 Å². The van der Waals surface area contributed by atoms with Crippen molar-refractivity contribution in [3.8, 4) is 5.69 Å². The van der Waals surface area contributed by atoms with E-state index in [1.807, 2.05) is 48.9 Å². The Labute approximate surface area is 161 Å². The Hall–Kier alpha value is -2.50. The highest BCUT2D eigenvalue weighted by atomic mass is 35.5. The molecule has 0 unspecified atom stereocenters. The number of carbonyl (C=O) groups is 1. The maximum absolute atomic E-state index is 12.3. The summed E-state index contributed by atoms with van der Waals surface area (Å²) in [5.74, 6) is -0.171. The summed E-state index contributed by atoms with van der Waals surface area (Å²) in [6, 6.07) is 14.9. The quantitative estimate of drug-likeness (QED) is 0.656. The van der Waals surface area contributed by atoms with Crippen LogP contribution in [0.2, 0.25) is 10.0 Å². The van der Waals surface area contributed by atoms with Crippen LogP contribution in [-0.2, 0) is 4.79 Å². The third kappa shape index (κ3) is 4.00. The van der Waals surface area contributed by atoms with Gasteiger partial charge in [0.15, 0.2) is 0 Å². The molecule has 0 atom stereocenters. The molecule has 0 saturated heterocycles. The van der Waals surface area contributed by atoms with Crippen LogP contribution in [0, 0.1) is 13.8 Å². The molecule has 1 amide bonds. The second-order valence-electron chi connectivity index (χ2n) is 5.82. The van der Waals surface area contributed by atoms with Gasteiger partial charge in [0.25, 0.3) is 0 Å². The predicted octanol–water partition coefficient (Wildman–Crippen LogP) is 4.85. The standard InChI is InChI=1S/C19H18Cl2N4O/c1-12-19(13(2)25(24-12)15-6-4-3-5-7-15)23-18(26)11-22-14-8-9-16(20)17(21)10-14/h3-10,22H,11H2,1-2H3,(H,23,26). The third-order valence-corrected chi connectivity index (χ3v) is 4.67. The van der Waals surface area contributed by atoms with Crippen molar-refractivity contribution in [3.63, 3.8) is 0 Å². The number of nitrogens with zero attached hydrogens (tertiary/aromatic N) is 2. The van der Waals surface area contributed by atoms with Crippen LogP contribution in [0.4, 0.5) is 11.4 Å². The van der Waals surface area contributed by atoms with E-state index >= 15 is 0 Å². The zero-order valence-corrected chi connectivity index (χ0v) is 15.9. The lowest BCUT2D eigenvalue weighted by Gasteiger charge is -2.09. The molecular weight excluding hydrogens is 371 g/mol. The van der Waals surface area contributed by atoms with Crippen LogP contribution in [0.3, 0.4) is 0 Å². The van der Waals surface area contributed by atoms with E-state index in [9.17, 15) is 4.79 Å². The molecule has 0 radical (unpaired) electrons. The normalized spacial score (nSPS) is 10.6. The molecule has 7 heteroatoms. The number of hydrogen-bond acceptors (Lipinski definition) is 3. The molecule has 5 nitrogen and oxygen atoms in total. The Morgan fingerprint density at radius 2 is 1.81 bits per heavy atom. The van der Waals surface area contributed by atoms with Crippen LogP contribution < -0.4 is 10.6 Å². The molecule has 0 aliphatic carbocycles. The molecule has 0 spiro atoms. The van der Waals surface area contributed by atoms with E-state index in [-0.39, 0.29) is 12.5 Å². The number of nitrogens with one attached hydrogen (secondary N) is 2. The number of amides is 1. The largest absolute Gasteiger partial charge is 0.376 e. The van der Waals surface area contributed by atoms with Gasteiger partial charge >= 0.3 is 0 Å². The molecular formula is C19H18Cl2N4O. The van der Waals surface area contributed by atoms with Crippen molar-refractivity contribution in [2.24, 2.45) is 0 Å². The van der Waals surface area contributed by atoms with Gasteiger partial charge in [0, 0.05) is 5.69 Å². The summed E-state index contributed by atoms with van der Waals surface area (Å²) < 4.78 is 1.82. The minimum atomic E-state index is -0.171. The number of carbonyl (C=O) groups excluding carboxylic acids is 1. The van der Waals surface area contributed by atoms with E-state index in [2.05, 4.69) is 15.7 Å². The van der Waals surface area contributed by atoms with Gasteiger partial charge < -0.3 is 10.6 Å². The monoisotopic (exact) mass is 388 g/mol. The topological polar surface area (TPSA) is 59.0 Å². The average molecular weight is 389 g/mol. The lowest BCUT2D eigenvalue weighted by molar-refractivity contribution is -0.114. The van der Waals surface area contributed by atoms with E-state index in [1.165, 1.54) is 0 Å². The van der Waals surface area contributed by atoms with Gasteiger partial charge in [-0.05, 0) is 44.2 Å². The number of aromatic nitrogens is 2. The van der Waals surface area contributed by atoms with Gasteiger partial charge in [-0.3, -0.25) is 4.79 Å². The third-order valence-electron chi connectivity index (χ3n) is 3.93. The zero-order chi connectivity index (χ0) is 18.7. The highest BCUT2D eigenvalue weighted by Gasteiger charge is 2.15. The summed E-state index contributed by atoms with van der Waals surface area (Å²) in [5.41, 5.74) is 4.02. The van der Waals surface area contributed by atoms with Crippen molar-refractivity contribution in [2.75, 3.05) is 17.2 Å². The molecule has 0 aliphatic heterocycles. The second kappa shape index (κ2) is 7.81. The first-order valence-corrected chi connectivity index (χ1v) is 8.81. The SMILES string of the molecule is Cc1nn(-c2ccccc2)c(C)c1NC(=O)CNc1ccc(Cl)c(Cl)c1. The van der Waals surface area contributed by atoms with Gasteiger partial charge in [-0.1, -0.05) is 41.4 Å². The van der Waals surface area contributed by atoms with Gasteiger partial charge in [-0.2, -0.15) is 5.10 Å². The highest BCUT2D eigenvalue weighted by Crippen LogP contribution is 2.25. The van der Waals surface area contributed by atoms with Gasteiger partial charge in [0.05, 0.1) is 39.4 Å². The molecule has 0 aliphatic rings.